The third-order valence-electron chi connectivity index (χ3n) is 3.40. The van der Waals surface area contributed by atoms with Crippen LogP contribution in [0.1, 0.15) is 36.8 Å². The normalized spacial score (nSPS) is 15.7. The number of carbonyl (C=O) groups is 1. The van der Waals surface area contributed by atoms with E-state index in [2.05, 4.69) is 42.7 Å². The van der Waals surface area contributed by atoms with Gasteiger partial charge in [-0.15, -0.1) is 0 Å². The molecule has 1 aromatic rings. The molecule has 1 amide bonds. The highest BCUT2D eigenvalue weighted by Gasteiger charge is 2.16. The summed E-state index contributed by atoms with van der Waals surface area (Å²) in [7, 11) is 0. The van der Waals surface area contributed by atoms with E-state index in [9.17, 15) is 4.79 Å². The summed E-state index contributed by atoms with van der Waals surface area (Å²) in [6.07, 6.45) is 4.76. The Labute approximate surface area is 109 Å². The molecule has 0 aromatic heterocycles. The first-order chi connectivity index (χ1) is 8.63. The minimum absolute atomic E-state index is 0.0982. The van der Waals surface area contributed by atoms with Gasteiger partial charge < -0.3 is 10.6 Å². The van der Waals surface area contributed by atoms with Crippen molar-refractivity contribution < 1.29 is 4.79 Å². The van der Waals surface area contributed by atoms with Crippen molar-refractivity contribution in [2.24, 2.45) is 0 Å². The zero-order chi connectivity index (χ0) is 13.0. The molecular formula is C15H22N2O. The third-order valence-corrected chi connectivity index (χ3v) is 3.40. The fourth-order valence-corrected chi connectivity index (χ4v) is 2.61. The number of rotatable bonds is 4. The molecule has 3 heteroatoms. The van der Waals surface area contributed by atoms with Crippen LogP contribution in [0.25, 0.3) is 0 Å². The molecule has 1 aliphatic rings. The first kappa shape index (κ1) is 12.9. The molecular weight excluding hydrogens is 224 g/mol. The van der Waals surface area contributed by atoms with Gasteiger partial charge in [-0.25, -0.2) is 0 Å². The summed E-state index contributed by atoms with van der Waals surface area (Å²) in [5, 5.41) is 6.26. The van der Waals surface area contributed by atoms with Gasteiger partial charge in [0.25, 0.3) is 0 Å². The molecule has 1 fully saturated rings. The van der Waals surface area contributed by atoms with Gasteiger partial charge in [0.05, 0.1) is 6.54 Å². The van der Waals surface area contributed by atoms with Gasteiger partial charge in [-0.05, 0) is 49.9 Å². The van der Waals surface area contributed by atoms with Crippen molar-refractivity contribution in [2.45, 2.75) is 45.6 Å². The number of hydrogen-bond acceptors (Lipinski definition) is 2. The summed E-state index contributed by atoms with van der Waals surface area (Å²) < 4.78 is 0. The van der Waals surface area contributed by atoms with Gasteiger partial charge in [0.2, 0.25) is 5.91 Å². The Hall–Kier alpha value is -1.51. The molecule has 3 nitrogen and oxygen atoms in total. The molecule has 0 atom stereocenters. The van der Waals surface area contributed by atoms with Crippen molar-refractivity contribution in [3.8, 4) is 0 Å². The second-order valence-electron chi connectivity index (χ2n) is 5.28. The number of aryl methyl sites for hydroxylation is 2. The van der Waals surface area contributed by atoms with Crippen LogP contribution in [0.3, 0.4) is 0 Å². The van der Waals surface area contributed by atoms with Gasteiger partial charge >= 0.3 is 0 Å². The van der Waals surface area contributed by atoms with E-state index >= 15 is 0 Å². The number of nitrogens with one attached hydrogen (secondary N) is 2. The van der Waals surface area contributed by atoms with E-state index in [-0.39, 0.29) is 5.91 Å². The Kier molecular flexibility index (Phi) is 4.24. The monoisotopic (exact) mass is 246 g/mol. The van der Waals surface area contributed by atoms with E-state index in [1.807, 2.05) is 0 Å². The zero-order valence-corrected chi connectivity index (χ0v) is 11.3. The van der Waals surface area contributed by atoms with E-state index in [1.54, 1.807) is 0 Å². The highest BCUT2D eigenvalue weighted by Crippen LogP contribution is 2.17. The first-order valence-corrected chi connectivity index (χ1v) is 6.75. The van der Waals surface area contributed by atoms with Crippen LogP contribution in [-0.2, 0) is 4.79 Å². The summed E-state index contributed by atoms with van der Waals surface area (Å²) in [6.45, 7) is 4.49. The lowest BCUT2D eigenvalue weighted by Crippen LogP contribution is -2.36. The van der Waals surface area contributed by atoms with Crippen LogP contribution in [0, 0.1) is 13.8 Å². The predicted molar refractivity (Wildman–Crippen MR) is 74.8 cm³/mol. The molecule has 0 saturated heterocycles. The van der Waals surface area contributed by atoms with Crippen molar-refractivity contribution >= 4 is 11.6 Å². The maximum atomic E-state index is 11.8. The fraction of sp³-hybridized carbons (Fsp3) is 0.533. The molecule has 0 bridgehead atoms. The third kappa shape index (κ3) is 3.76. The summed E-state index contributed by atoms with van der Waals surface area (Å²) in [5.41, 5.74) is 3.46. The second kappa shape index (κ2) is 5.89. The highest BCUT2D eigenvalue weighted by atomic mass is 16.1. The van der Waals surface area contributed by atoms with Gasteiger partial charge in [0.1, 0.15) is 0 Å². The topological polar surface area (TPSA) is 41.1 Å². The summed E-state index contributed by atoms with van der Waals surface area (Å²) in [6, 6.07) is 6.66. The van der Waals surface area contributed by atoms with Crippen LogP contribution < -0.4 is 10.6 Å². The molecule has 2 rings (SSSR count). The van der Waals surface area contributed by atoms with Crippen LogP contribution in [-0.4, -0.2) is 18.5 Å². The average Bonchev–Trinajstić information content (AvgIpc) is 2.78. The van der Waals surface area contributed by atoms with Crippen molar-refractivity contribution in [1.29, 1.82) is 0 Å². The second-order valence-corrected chi connectivity index (χ2v) is 5.28. The average molecular weight is 246 g/mol. The molecule has 1 aliphatic carbocycles. The van der Waals surface area contributed by atoms with E-state index in [0.717, 1.165) is 18.5 Å². The maximum Gasteiger partial charge on any atom is 0.239 e. The predicted octanol–water partition coefficient (Wildman–Crippen LogP) is 2.77. The Morgan fingerprint density at radius 1 is 1.17 bits per heavy atom. The quantitative estimate of drug-likeness (QED) is 0.857. The van der Waals surface area contributed by atoms with Crippen LogP contribution in [0.5, 0.6) is 0 Å². The molecule has 0 aliphatic heterocycles. The number of benzene rings is 1. The molecule has 1 aromatic carbocycles. The van der Waals surface area contributed by atoms with Crippen LogP contribution in [0.2, 0.25) is 0 Å². The van der Waals surface area contributed by atoms with Crippen molar-refractivity contribution in [1.82, 2.24) is 5.32 Å². The van der Waals surface area contributed by atoms with Gasteiger partial charge in [-0.2, -0.15) is 0 Å². The lowest BCUT2D eigenvalue weighted by atomic mass is 10.1. The molecule has 1 saturated carbocycles. The largest absolute Gasteiger partial charge is 0.376 e. The molecule has 2 N–H and O–H groups in total. The van der Waals surface area contributed by atoms with Crippen molar-refractivity contribution in [2.75, 3.05) is 11.9 Å². The number of anilines is 1. The summed E-state index contributed by atoms with van der Waals surface area (Å²) >= 11 is 0. The number of amides is 1. The molecule has 0 radical (unpaired) electrons. The zero-order valence-electron chi connectivity index (χ0n) is 11.3. The Balaban J connectivity index is 1.81. The summed E-state index contributed by atoms with van der Waals surface area (Å²) in [5.74, 6) is 0.0982. The smallest absolute Gasteiger partial charge is 0.239 e. The van der Waals surface area contributed by atoms with E-state index in [1.165, 1.54) is 24.0 Å². The first-order valence-electron chi connectivity index (χ1n) is 6.75. The van der Waals surface area contributed by atoms with Crippen LogP contribution in [0.4, 0.5) is 5.69 Å². The minimum atomic E-state index is 0.0982. The number of carbonyl (C=O) groups excluding carboxylic acids is 1. The molecule has 98 valence electrons. The van der Waals surface area contributed by atoms with Crippen molar-refractivity contribution in [3.05, 3.63) is 29.3 Å². The van der Waals surface area contributed by atoms with Crippen LogP contribution in [0.15, 0.2) is 18.2 Å². The minimum Gasteiger partial charge on any atom is -0.376 e. The Morgan fingerprint density at radius 3 is 2.39 bits per heavy atom. The molecule has 18 heavy (non-hydrogen) atoms. The summed E-state index contributed by atoms with van der Waals surface area (Å²) in [4.78, 5) is 11.8. The fourth-order valence-electron chi connectivity index (χ4n) is 2.61. The van der Waals surface area contributed by atoms with Gasteiger partial charge in [0.15, 0.2) is 0 Å². The standard InChI is InChI=1S/C15H22N2O/c1-11-7-12(2)9-14(8-11)16-10-15(18)17-13-5-3-4-6-13/h7-9,13,16H,3-6,10H2,1-2H3,(H,17,18). The lowest BCUT2D eigenvalue weighted by Gasteiger charge is -2.13. The SMILES string of the molecule is Cc1cc(C)cc(NCC(=O)NC2CCCC2)c1. The van der Waals surface area contributed by atoms with Gasteiger partial charge in [0, 0.05) is 11.7 Å². The Bertz CT molecular complexity index is 402. The van der Waals surface area contributed by atoms with Gasteiger partial charge in [-0.1, -0.05) is 18.9 Å². The van der Waals surface area contributed by atoms with Crippen molar-refractivity contribution in [3.63, 3.8) is 0 Å². The lowest BCUT2D eigenvalue weighted by molar-refractivity contribution is -0.120. The highest BCUT2D eigenvalue weighted by molar-refractivity contribution is 5.81. The van der Waals surface area contributed by atoms with E-state index in [0.29, 0.717) is 12.6 Å². The molecule has 0 spiro atoms. The van der Waals surface area contributed by atoms with Crippen LogP contribution >= 0.6 is 0 Å². The number of hydrogen-bond donors (Lipinski definition) is 2. The Morgan fingerprint density at radius 2 is 1.78 bits per heavy atom. The van der Waals surface area contributed by atoms with E-state index in [4.69, 9.17) is 0 Å². The maximum absolute atomic E-state index is 11.8. The molecule has 0 unspecified atom stereocenters. The van der Waals surface area contributed by atoms with Gasteiger partial charge in [-0.3, -0.25) is 4.79 Å². The molecule has 0 heterocycles. The van der Waals surface area contributed by atoms with E-state index < -0.39 is 0 Å².